The molecule has 1 saturated heterocycles. The molecule has 3 N–H and O–H groups in total. The summed E-state index contributed by atoms with van der Waals surface area (Å²) in [7, 11) is 1.74. The van der Waals surface area contributed by atoms with Crippen LogP contribution in [0.4, 0.5) is 0 Å². The summed E-state index contributed by atoms with van der Waals surface area (Å²) in [5.41, 5.74) is 2.55. The summed E-state index contributed by atoms with van der Waals surface area (Å²) in [4.78, 5) is 13.7. The van der Waals surface area contributed by atoms with Crippen molar-refractivity contribution in [3.05, 3.63) is 23.7 Å². The normalized spacial score (nSPS) is 20.4. The van der Waals surface area contributed by atoms with Crippen molar-refractivity contribution >= 4 is 5.91 Å². The molecule has 19 heavy (non-hydrogen) atoms. The molecule has 0 bridgehead atoms. The number of rotatable bonds is 5. The first-order valence-corrected chi connectivity index (χ1v) is 6.52. The van der Waals surface area contributed by atoms with Crippen LogP contribution < -0.4 is 11.3 Å². The zero-order valence-electron chi connectivity index (χ0n) is 11.2. The van der Waals surface area contributed by atoms with E-state index in [1.54, 1.807) is 13.2 Å². The second-order valence-corrected chi connectivity index (χ2v) is 4.97. The summed E-state index contributed by atoms with van der Waals surface area (Å²) in [6.45, 7) is 3.58. The number of methoxy groups -OCH3 is 1. The van der Waals surface area contributed by atoms with Crippen molar-refractivity contribution in [1.29, 1.82) is 0 Å². The van der Waals surface area contributed by atoms with Gasteiger partial charge < -0.3 is 9.15 Å². The first-order valence-electron chi connectivity index (χ1n) is 6.52. The summed E-state index contributed by atoms with van der Waals surface area (Å²) in [5.74, 6) is 6.13. The number of nitrogens with one attached hydrogen (secondary N) is 1. The van der Waals surface area contributed by atoms with Gasteiger partial charge in [-0.1, -0.05) is 0 Å². The van der Waals surface area contributed by atoms with E-state index in [1.807, 2.05) is 0 Å². The molecule has 1 atom stereocenters. The van der Waals surface area contributed by atoms with E-state index in [0.29, 0.717) is 11.5 Å². The Hall–Kier alpha value is -1.37. The second kappa shape index (κ2) is 6.70. The van der Waals surface area contributed by atoms with Crippen LogP contribution in [0.1, 0.15) is 29.0 Å². The van der Waals surface area contributed by atoms with Crippen LogP contribution in [0.2, 0.25) is 0 Å². The maximum absolute atomic E-state index is 11.3. The van der Waals surface area contributed by atoms with Crippen LogP contribution in [0.3, 0.4) is 0 Å². The van der Waals surface area contributed by atoms with E-state index in [-0.39, 0.29) is 5.91 Å². The Morgan fingerprint density at radius 2 is 2.53 bits per heavy atom. The molecule has 0 aliphatic carbocycles. The maximum Gasteiger partial charge on any atom is 0.268 e. The number of carbonyl (C=O) groups excluding carboxylic acids is 1. The Bertz CT molecular complexity index is 417. The molecule has 1 amide bonds. The van der Waals surface area contributed by atoms with Gasteiger partial charge in [-0.3, -0.25) is 15.1 Å². The second-order valence-electron chi connectivity index (χ2n) is 4.97. The summed E-state index contributed by atoms with van der Waals surface area (Å²) in [6, 6.07) is 1.74. The molecule has 0 aromatic carbocycles. The predicted octanol–water partition coefficient (Wildman–Crippen LogP) is 0.742. The topological polar surface area (TPSA) is 80.7 Å². The largest absolute Gasteiger partial charge is 0.467 e. The Morgan fingerprint density at radius 1 is 1.68 bits per heavy atom. The number of nitrogens with zero attached hydrogens (tertiary/aromatic N) is 1. The lowest BCUT2D eigenvalue weighted by Gasteiger charge is -2.31. The van der Waals surface area contributed by atoms with Gasteiger partial charge in [0.15, 0.2) is 0 Å². The van der Waals surface area contributed by atoms with Crippen LogP contribution in [0.25, 0.3) is 0 Å². The Morgan fingerprint density at radius 3 is 3.26 bits per heavy atom. The number of hydrogen-bond acceptors (Lipinski definition) is 5. The average molecular weight is 267 g/mol. The minimum absolute atomic E-state index is 0.328. The number of likely N-dealkylation sites (tertiary alicyclic amines) is 1. The third-order valence-electron chi connectivity index (χ3n) is 3.43. The van der Waals surface area contributed by atoms with Crippen molar-refractivity contribution in [1.82, 2.24) is 10.3 Å². The first kappa shape index (κ1) is 14.0. The summed E-state index contributed by atoms with van der Waals surface area (Å²) in [5, 5.41) is 0. The van der Waals surface area contributed by atoms with E-state index in [9.17, 15) is 4.79 Å². The number of hydrazine groups is 1. The first-order chi connectivity index (χ1) is 9.22. The molecule has 0 saturated carbocycles. The quantitative estimate of drug-likeness (QED) is 0.467. The fourth-order valence-electron chi connectivity index (χ4n) is 2.55. The lowest BCUT2D eigenvalue weighted by atomic mass is 9.99. The molecule has 1 aliphatic heterocycles. The van der Waals surface area contributed by atoms with Gasteiger partial charge in [0, 0.05) is 13.7 Å². The lowest BCUT2D eigenvalue weighted by Crippen LogP contribution is -2.36. The average Bonchev–Trinajstić information content (AvgIpc) is 2.87. The fourth-order valence-corrected chi connectivity index (χ4v) is 2.55. The highest BCUT2D eigenvalue weighted by Crippen LogP contribution is 2.19. The standard InChI is InChI=1S/C13H21N3O3/c1-18-8-10-3-2-4-16(6-10)7-12-5-11(9-19-12)13(17)15-14/h5,9-10H,2-4,6-8,14H2,1H3,(H,15,17). The van der Waals surface area contributed by atoms with Gasteiger partial charge in [-0.25, -0.2) is 5.84 Å². The molecule has 1 unspecified atom stereocenters. The Kier molecular flexibility index (Phi) is 4.95. The number of piperidine rings is 1. The number of hydrogen-bond donors (Lipinski definition) is 2. The van der Waals surface area contributed by atoms with E-state index in [1.165, 1.54) is 19.1 Å². The minimum Gasteiger partial charge on any atom is -0.467 e. The van der Waals surface area contributed by atoms with Crippen LogP contribution in [0.15, 0.2) is 16.7 Å². The molecule has 6 heteroatoms. The number of amides is 1. The van der Waals surface area contributed by atoms with Crippen LogP contribution >= 0.6 is 0 Å². The molecule has 0 spiro atoms. The Labute approximate surface area is 112 Å². The van der Waals surface area contributed by atoms with Crippen molar-refractivity contribution in [2.24, 2.45) is 11.8 Å². The zero-order chi connectivity index (χ0) is 13.7. The number of ether oxygens (including phenoxy) is 1. The molecule has 1 fully saturated rings. The number of furan rings is 1. The Balaban J connectivity index is 1.89. The van der Waals surface area contributed by atoms with E-state index in [2.05, 4.69) is 10.3 Å². The molecule has 2 rings (SSSR count). The molecule has 2 heterocycles. The van der Waals surface area contributed by atoms with Gasteiger partial charge in [-0.2, -0.15) is 0 Å². The zero-order valence-corrected chi connectivity index (χ0v) is 11.2. The van der Waals surface area contributed by atoms with Crippen molar-refractivity contribution in [2.75, 3.05) is 26.8 Å². The highest BCUT2D eigenvalue weighted by molar-refractivity contribution is 5.93. The lowest BCUT2D eigenvalue weighted by molar-refractivity contribution is 0.0840. The third-order valence-corrected chi connectivity index (χ3v) is 3.43. The van der Waals surface area contributed by atoms with Crippen molar-refractivity contribution in [2.45, 2.75) is 19.4 Å². The third kappa shape index (κ3) is 3.79. The van der Waals surface area contributed by atoms with E-state index in [0.717, 1.165) is 32.0 Å². The van der Waals surface area contributed by atoms with Gasteiger partial charge in [0.25, 0.3) is 5.91 Å². The molecular weight excluding hydrogens is 246 g/mol. The van der Waals surface area contributed by atoms with Crippen LogP contribution in [0.5, 0.6) is 0 Å². The predicted molar refractivity (Wildman–Crippen MR) is 70.2 cm³/mol. The van der Waals surface area contributed by atoms with Crippen LogP contribution in [0, 0.1) is 5.92 Å². The van der Waals surface area contributed by atoms with Crippen molar-refractivity contribution in [3.63, 3.8) is 0 Å². The molecule has 1 aromatic heterocycles. The van der Waals surface area contributed by atoms with Crippen molar-refractivity contribution < 1.29 is 13.9 Å². The van der Waals surface area contributed by atoms with Gasteiger partial charge in [0.2, 0.25) is 0 Å². The number of carbonyl (C=O) groups is 1. The molecule has 6 nitrogen and oxygen atoms in total. The molecule has 1 aliphatic rings. The van der Waals surface area contributed by atoms with E-state index < -0.39 is 0 Å². The van der Waals surface area contributed by atoms with Gasteiger partial charge in [0.05, 0.1) is 18.7 Å². The molecular formula is C13H21N3O3. The fraction of sp³-hybridized carbons (Fsp3) is 0.615. The molecule has 0 radical (unpaired) electrons. The van der Waals surface area contributed by atoms with Crippen LogP contribution in [-0.2, 0) is 11.3 Å². The maximum atomic E-state index is 11.3. The van der Waals surface area contributed by atoms with Gasteiger partial charge in [-0.05, 0) is 31.4 Å². The molecule has 106 valence electrons. The monoisotopic (exact) mass is 267 g/mol. The van der Waals surface area contributed by atoms with Crippen LogP contribution in [-0.4, -0.2) is 37.6 Å². The van der Waals surface area contributed by atoms with Gasteiger partial charge >= 0.3 is 0 Å². The van der Waals surface area contributed by atoms with Crippen molar-refractivity contribution in [3.8, 4) is 0 Å². The minimum atomic E-state index is -0.328. The highest BCUT2D eigenvalue weighted by atomic mass is 16.5. The summed E-state index contributed by atoms with van der Waals surface area (Å²) >= 11 is 0. The number of nitrogens with two attached hydrogens (primary N) is 1. The van der Waals surface area contributed by atoms with Gasteiger partial charge in [0.1, 0.15) is 12.0 Å². The number of nitrogen functional groups attached to an aromatic ring is 1. The van der Waals surface area contributed by atoms with E-state index >= 15 is 0 Å². The smallest absolute Gasteiger partial charge is 0.268 e. The summed E-state index contributed by atoms with van der Waals surface area (Å²) in [6.07, 6.45) is 3.82. The van der Waals surface area contributed by atoms with E-state index in [4.69, 9.17) is 15.0 Å². The van der Waals surface area contributed by atoms with Gasteiger partial charge in [-0.15, -0.1) is 0 Å². The highest BCUT2D eigenvalue weighted by Gasteiger charge is 2.21. The molecule has 1 aromatic rings. The SMILES string of the molecule is COCC1CCCN(Cc2cc(C(=O)NN)co2)C1. The summed E-state index contributed by atoms with van der Waals surface area (Å²) < 4.78 is 10.6.